The van der Waals surface area contributed by atoms with E-state index in [1.54, 1.807) is 0 Å². The third-order valence-corrected chi connectivity index (χ3v) is 5.44. The molecular formula is C21H30N4O2. The number of nitrogens with one attached hydrogen (secondary N) is 1. The topological polar surface area (TPSA) is 65.5 Å². The van der Waals surface area contributed by atoms with Crippen LogP contribution in [0.4, 0.5) is 5.69 Å². The van der Waals surface area contributed by atoms with Crippen LogP contribution < -0.4 is 5.32 Å². The lowest BCUT2D eigenvalue weighted by molar-refractivity contribution is -0.111. The molecule has 1 fully saturated rings. The van der Waals surface area contributed by atoms with Gasteiger partial charge in [-0.3, -0.25) is 14.6 Å². The molecule has 6 nitrogen and oxygen atoms in total. The highest BCUT2D eigenvalue weighted by Gasteiger charge is 2.32. The van der Waals surface area contributed by atoms with Gasteiger partial charge in [-0.2, -0.15) is 0 Å². The smallest absolute Gasteiger partial charge is 0.237 e. The van der Waals surface area contributed by atoms with Crippen molar-refractivity contribution in [2.75, 3.05) is 44.6 Å². The second kappa shape index (κ2) is 8.65. The zero-order valence-corrected chi connectivity index (χ0v) is 16.7. The van der Waals surface area contributed by atoms with E-state index < -0.39 is 11.6 Å². The van der Waals surface area contributed by atoms with Crippen molar-refractivity contribution >= 4 is 23.0 Å². The first-order valence-corrected chi connectivity index (χ1v) is 10.1. The van der Waals surface area contributed by atoms with Crippen LogP contribution in [0.25, 0.3) is 5.70 Å². The van der Waals surface area contributed by atoms with Gasteiger partial charge in [-0.1, -0.05) is 13.8 Å². The predicted octanol–water partition coefficient (Wildman–Crippen LogP) is 2.74. The fourth-order valence-corrected chi connectivity index (χ4v) is 3.87. The van der Waals surface area contributed by atoms with Crippen LogP contribution in [0.2, 0.25) is 0 Å². The largest absolute Gasteiger partial charge is 0.383 e. The maximum atomic E-state index is 12.7. The lowest BCUT2D eigenvalue weighted by Crippen LogP contribution is -2.34. The zero-order valence-electron chi connectivity index (χ0n) is 16.7. The summed E-state index contributed by atoms with van der Waals surface area (Å²) in [7, 11) is 0. The van der Waals surface area contributed by atoms with Gasteiger partial charge in [0.1, 0.15) is 5.69 Å². The van der Waals surface area contributed by atoms with Gasteiger partial charge < -0.3 is 15.1 Å². The van der Waals surface area contributed by atoms with Crippen molar-refractivity contribution in [3.05, 3.63) is 29.1 Å². The van der Waals surface area contributed by atoms with E-state index in [9.17, 15) is 9.59 Å². The van der Waals surface area contributed by atoms with E-state index in [0.29, 0.717) is 11.3 Å². The molecule has 1 aromatic heterocycles. The van der Waals surface area contributed by atoms with E-state index in [1.165, 1.54) is 12.5 Å². The number of carbonyl (C=O) groups excluding carboxylic acids is 2. The van der Waals surface area contributed by atoms with Gasteiger partial charge in [0.05, 0.1) is 11.3 Å². The molecule has 2 heterocycles. The first-order valence-electron chi connectivity index (χ1n) is 10.1. The molecule has 2 aliphatic rings. The summed E-state index contributed by atoms with van der Waals surface area (Å²) in [5.41, 5.74) is 3.49. The number of likely N-dealkylation sites (N-methyl/N-ethyl adjacent to an activating group) is 1. The molecule has 0 aromatic carbocycles. The van der Waals surface area contributed by atoms with E-state index in [0.717, 1.165) is 69.2 Å². The number of hydrogen-bond donors (Lipinski definition) is 1. The Kier molecular flexibility index (Phi) is 6.26. The summed E-state index contributed by atoms with van der Waals surface area (Å²) in [5, 5.41) is 3.39. The van der Waals surface area contributed by atoms with E-state index in [-0.39, 0.29) is 0 Å². The Morgan fingerprint density at radius 1 is 1.15 bits per heavy atom. The number of piperidine rings is 1. The van der Waals surface area contributed by atoms with Gasteiger partial charge in [-0.25, -0.2) is 0 Å². The Morgan fingerprint density at radius 3 is 2.52 bits per heavy atom. The van der Waals surface area contributed by atoms with Crippen LogP contribution in [0.1, 0.15) is 54.9 Å². The molecule has 0 unspecified atom stereocenters. The summed E-state index contributed by atoms with van der Waals surface area (Å²) in [4.78, 5) is 34.3. The van der Waals surface area contributed by atoms with Crippen LogP contribution in [0.5, 0.6) is 0 Å². The highest BCUT2D eigenvalue weighted by atomic mass is 16.2. The molecule has 1 saturated heterocycles. The highest BCUT2D eigenvalue weighted by Crippen LogP contribution is 2.33. The fourth-order valence-electron chi connectivity index (χ4n) is 3.87. The molecule has 0 atom stereocenters. The molecule has 0 saturated carbocycles. The summed E-state index contributed by atoms with van der Waals surface area (Å²) in [6, 6.07) is 1.88. The van der Waals surface area contributed by atoms with Crippen molar-refractivity contribution in [2.45, 2.75) is 40.0 Å². The van der Waals surface area contributed by atoms with Crippen molar-refractivity contribution in [3.8, 4) is 0 Å². The van der Waals surface area contributed by atoms with E-state index in [2.05, 4.69) is 33.9 Å². The molecule has 0 radical (unpaired) electrons. The number of pyridine rings is 1. The number of allylic oxidation sites excluding steroid dienone is 1. The molecule has 146 valence electrons. The third kappa shape index (κ3) is 4.21. The maximum Gasteiger partial charge on any atom is 0.237 e. The van der Waals surface area contributed by atoms with Crippen LogP contribution in [-0.2, 0) is 4.79 Å². The van der Waals surface area contributed by atoms with Crippen molar-refractivity contribution < 1.29 is 9.59 Å². The quantitative estimate of drug-likeness (QED) is 0.745. The molecule has 0 amide bonds. The van der Waals surface area contributed by atoms with Crippen molar-refractivity contribution in [2.24, 2.45) is 0 Å². The van der Waals surface area contributed by atoms with Gasteiger partial charge >= 0.3 is 0 Å². The number of likely N-dealkylation sites (tertiary alicyclic amines) is 1. The molecule has 27 heavy (non-hydrogen) atoms. The first-order chi connectivity index (χ1) is 13.0. The van der Waals surface area contributed by atoms with Crippen molar-refractivity contribution in [1.82, 2.24) is 14.8 Å². The zero-order chi connectivity index (χ0) is 19.4. The molecule has 6 heteroatoms. The molecule has 0 bridgehead atoms. The van der Waals surface area contributed by atoms with Crippen LogP contribution in [0.3, 0.4) is 0 Å². The Morgan fingerprint density at radius 2 is 1.85 bits per heavy atom. The first kappa shape index (κ1) is 19.5. The number of anilines is 1. The lowest BCUT2D eigenvalue weighted by Gasteiger charge is -2.33. The van der Waals surface area contributed by atoms with Gasteiger partial charge in [0.15, 0.2) is 0 Å². The number of aryl methyl sites for hydroxylation is 1. The Balaban J connectivity index is 1.91. The minimum atomic E-state index is -0.455. The number of fused-ring (bicyclic) bond motifs is 1. The lowest BCUT2D eigenvalue weighted by atomic mass is 9.93. The predicted molar refractivity (Wildman–Crippen MR) is 108 cm³/mol. The number of aromatic nitrogens is 1. The molecule has 0 spiro atoms. The Bertz CT molecular complexity index is 747. The SMILES string of the molecule is CCN(CC)CCNc1cc(C)nc2c1C(=O)C(=O)C=C2N1CCCCC1. The monoisotopic (exact) mass is 370 g/mol. The number of carbonyl (C=O) groups is 2. The molecular weight excluding hydrogens is 340 g/mol. The second-order valence-electron chi connectivity index (χ2n) is 7.26. The molecule has 1 aliphatic carbocycles. The van der Waals surface area contributed by atoms with E-state index in [4.69, 9.17) is 0 Å². The van der Waals surface area contributed by atoms with Crippen LogP contribution >= 0.6 is 0 Å². The number of Topliss-reactive ketones (excluding diaryl/α,β-unsaturated/α-hetero) is 1. The maximum absolute atomic E-state index is 12.7. The molecule has 1 N–H and O–H groups in total. The molecule has 3 rings (SSSR count). The summed E-state index contributed by atoms with van der Waals surface area (Å²) in [5.74, 6) is -0.899. The van der Waals surface area contributed by atoms with Gasteiger partial charge in [0.2, 0.25) is 11.6 Å². The number of nitrogens with zero attached hydrogens (tertiary/aromatic N) is 3. The summed E-state index contributed by atoms with van der Waals surface area (Å²) in [6.45, 7) is 11.6. The van der Waals surface area contributed by atoms with Crippen LogP contribution in [0.15, 0.2) is 12.1 Å². The van der Waals surface area contributed by atoms with E-state index >= 15 is 0 Å². The van der Waals surface area contributed by atoms with Gasteiger partial charge in [-0.05, 0) is 45.3 Å². The number of ketones is 2. The van der Waals surface area contributed by atoms with Crippen LogP contribution in [0, 0.1) is 6.92 Å². The van der Waals surface area contributed by atoms with E-state index in [1.807, 2.05) is 13.0 Å². The van der Waals surface area contributed by atoms with Crippen LogP contribution in [-0.4, -0.2) is 65.6 Å². The van der Waals surface area contributed by atoms with Gasteiger partial charge in [0.25, 0.3) is 0 Å². The number of rotatable bonds is 7. The summed E-state index contributed by atoms with van der Waals surface area (Å²) in [6.07, 6.45) is 4.91. The summed E-state index contributed by atoms with van der Waals surface area (Å²) < 4.78 is 0. The highest BCUT2D eigenvalue weighted by molar-refractivity contribution is 6.51. The normalized spacial score (nSPS) is 17.2. The summed E-state index contributed by atoms with van der Waals surface area (Å²) >= 11 is 0. The van der Waals surface area contributed by atoms with Crippen molar-refractivity contribution in [3.63, 3.8) is 0 Å². The Hall–Kier alpha value is -2.21. The standard InChI is InChI=1S/C21H30N4O2/c1-4-24(5-2)12-9-22-16-13-15(3)23-20-17(25-10-7-6-8-11-25)14-18(26)21(27)19(16)20/h13-14H,4-12H2,1-3H3,(H,22,23). The Labute approximate surface area is 161 Å². The minimum absolute atomic E-state index is 0.438. The van der Waals surface area contributed by atoms with Gasteiger partial charge in [0, 0.05) is 43.6 Å². The second-order valence-corrected chi connectivity index (χ2v) is 7.26. The fraction of sp³-hybridized carbons (Fsp3) is 0.571. The minimum Gasteiger partial charge on any atom is -0.383 e. The third-order valence-electron chi connectivity index (χ3n) is 5.44. The average Bonchev–Trinajstić information content (AvgIpc) is 2.68. The van der Waals surface area contributed by atoms with Gasteiger partial charge in [-0.15, -0.1) is 0 Å². The molecule has 1 aromatic rings. The average molecular weight is 370 g/mol. The number of hydrogen-bond acceptors (Lipinski definition) is 6. The molecule has 1 aliphatic heterocycles. The van der Waals surface area contributed by atoms with Crippen molar-refractivity contribution in [1.29, 1.82) is 0 Å².